The van der Waals surface area contributed by atoms with Crippen LogP contribution in [0.5, 0.6) is 0 Å². The predicted octanol–water partition coefficient (Wildman–Crippen LogP) is 6.05. The predicted molar refractivity (Wildman–Crippen MR) is 173 cm³/mol. The highest BCUT2D eigenvalue weighted by atomic mass is 31.2. The van der Waals surface area contributed by atoms with E-state index in [0.717, 1.165) is 11.1 Å². The molecular formula is C34H34N5O8P. The van der Waals surface area contributed by atoms with Crippen LogP contribution in [0.15, 0.2) is 104 Å². The van der Waals surface area contributed by atoms with Gasteiger partial charge in [-0.2, -0.15) is 0 Å². The van der Waals surface area contributed by atoms with E-state index >= 15 is 0 Å². The molecule has 248 valence electrons. The maximum Gasteiger partial charge on any atom is 0.475 e. The number of hydrogen-bond donors (Lipinski definition) is 1. The average Bonchev–Trinajstić information content (AvgIpc) is 3.78. The summed E-state index contributed by atoms with van der Waals surface area (Å²) in [5.74, 6) is -1.02. The minimum atomic E-state index is -4.09. The summed E-state index contributed by atoms with van der Waals surface area (Å²) in [6.07, 6.45) is 0.212. The average molecular weight is 672 g/mol. The van der Waals surface area contributed by atoms with E-state index in [2.05, 4.69) is 20.3 Å². The van der Waals surface area contributed by atoms with Crippen molar-refractivity contribution in [3.63, 3.8) is 0 Å². The van der Waals surface area contributed by atoms with Crippen LogP contribution in [0.25, 0.3) is 11.2 Å². The third kappa shape index (κ3) is 7.08. The lowest BCUT2D eigenvalue weighted by Gasteiger charge is -2.25. The summed E-state index contributed by atoms with van der Waals surface area (Å²) in [5, 5.41) is 2.82. The van der Waals surface area contributed by atoms with Gasteiger partial charge < -0.3 is 19.5 Å². The second-order valence-electron chi connectivity index (χ2n) is 11.8. The van der Waals surface area contributed by atoms with Gasteiger partial charge in [-0.15, -0.1) is 0 Å². The maximum absolute atomic E-state index is 14.0. The molecule has 4 heterocycles. The monoisotopic (exact) mass is 671 g/mol. The molecule has 2 saturated heterocycles. The number of hydrogen-bond acceptors (Lipinski definition) is 11. The summed E-state index contributed by atoms with van der Waals surface area (Å²) in [5.41, 5.74) is 2.88. The first-order valence-electron chi connectivity index (χ1n) is 15.4. The van der Waals surface area contributed by atoms with Crippen LogP contribution in [0, 0.1) is 0 Å². The Morgan fingerprint density at radius 2 is 1.44 bits per heavy atom. The zero-order chi connectivity index (χ0) is 33.1. The molecule has 5 aromatic rings. The fraction of sp³-hybridized carbons (Fsp3) is 0.294. The number of fused-ring (bicyclic) bond motifs is 2. The molecule has 0 radical (unpaired) electrons. The summed E-state index contributed by atoms with van der Waals surface area (Å²) in [4.78, 5) is 26.1. The van der Waals surface area contributed by atoms with Gasteiger partial charge in [0.25, 0.3) is 5.91 Å². The van der Waals surface area contributed by atoms with E-state index in [-0.39, 0.29) is 31.5 Å². The number of carbonyl (C=O) groups is 1. The largest absolute Gasteiger partial charge is 0.475 e. The van der Waals surface area contributed by atoms with E-state index in [1.54, 1.807) is 35.2 Å². The number of phosphoric acid groups is 1. The number of nitrogens with one attached hydrogen (secondary N) is 1. The van der Waals surface area contributed by atoms with Crippen molar-refractivity contribution in [3.05, 3.63) is 120 Å². The molecule has 2 fully saturated rings. The van der Waals surface area contributed by atoms with Crippen LogP contribution in [-0.4, -0.2) is 56.1 Å². The van der Waals surface area contributed by atoms with E-state index < -0.39 is 38.1 Å². The second kappa shape index (κ2) is 13.7. The minimum absolute atomic E-state index is 0.0175. The van der Waals surface area contributed by atoms with Crippen molar-refractivity contribution < 1.29 is 37.1 Å². The molecule has 0 saturated carbocycles. The molecule has 4 unspecified atom stereocenters. The molecule has 3 aromatic carbocycles. The molecule has 0 spiro atoms. The Hall–Kier alpha value is -4.33. The Bertz CT molecular complexity index is 1860. The van der Waals surface area contributed by atoms with Crippen LogP contribution >= 0.6 is 7.82 Å². The van der Waals surface area contributed by atoms with Crippen LogP contribution in [0.4, 0.5) is 5.82 Å². The number of nitrogens with zero attached hydrogens (tertiary/aromatic N) is 4. The van der Waals surface area contributed by atoms with Gasteiger partial charge >= 0.3 is 7.82 Å². The van der Waals surface area contributed by atoms with Gasteiger partial charge in [-0.1, -0.05) is 78.9 Å². The van der Waals surface area contributed by atoms with Crippen molar-refractivity contribution in [2.75, 3.05) is 11.9 Å². The Morgan fingerprint density at radius 1 is 0.833 bits per heavy atom. The van der Waals surface area contributed by atoms with Crippen LogP contribution in [0.3, 0.4) is 0 Å². The third-order valence-corrected chi connectivity index (χ3v) is 9.24. The lowest BCUT2D eigenvalue weighted by Crippen LogP contribution is -2.32. The number of imidazole rings is 1. The number of benzene rings is 3. The molecule has 7 rings (SSSR count). The number of aromatic nitrogens is 4. The van der Waals surface area contributed by atoms with Crippen LogP contribution < -0.4 is 5.32 Å². The first-order valence-corrected chi connectivity index (χ1v) is 16.9. The first kappa shape index (κ1) is 32.2. The fourth-order valence-corrected chi connectivity index (χ4v) is 6.82. The molecule has 4 atom stereocenters. The van der Waals surface area contributed by atoms with Gasteiger partial charge in [0, 0.05) is 5.56 Å². The van der Waals surface area contributed by atoms with Crippen molar-refractivity contribution in [3.8, 4) is 0 Å². The maximum atomic E-state index is 14.0. The van der Waals surface area contributed by atoms with Crippen molar-refractivity contribution in [1.29, 1.82) is 0 Å². The second-order valence-corrected chi connectivity index (χ2v) is 13.4. The molecular weight excluding hydrogens is 637 g/mol. The lowest BCUT2D eigenvalue weighted by atomic mass is 10.1. The number of anilines is 1. The molecule has 2 aliphatic rings. The van der Waals surface area contributed by atoms with Gasteiger partial charge in [0.05, 0.1) is 26.1 Å². The highest BCUT2D eigenvalue weighted by Crippen LogP contribution is 2.52. The molecule has 13 nitrogen and oxygen atoms in total. The molecule has 1 amide bonds. The van der Waals surface area contributed by atoms with E-state index in [0.29, 0.717) is 16.7 Å². The number of phosphoric ester groups is 1. The van der Waals surface area contributed by atoms with E-state index in [1.807, 2.05) is 80.6 Å². The van der Waals surface area contributed by atoms with E-state index in [9.17, 15) is 9.36 Å². The summed E-state index contributed by atoms with van der Waals surface area (Å²) in [6, 6.07) is 27.5. The minimum Gasteiger partial charge on any atom is -0.347 e. The quantitative estimate of drug-likeness (QED) is 0.155. The lowest BCUT2D eigenvalue weighted by molar-refractivity contribution is -0.199. The molecule has 14 heteroatoms. The van der Waals surface area contributed by atoms with E-state index in [4.69, 9.17) is 27.8 Å². The van der Waals surface area contributed by atoms with Crippen LogP contribution in [0.2, 0.25) is 0 Å². The first-order chi connectivity index (χ1) is 23.3. The Balaban J connectivity index is 1.11. The van der Waals surface area contributed by atoms with Gasteiger partial charge in [-0.05, 0) is 37.1 Å². The summed E-state index contributed by atoms with van der Waals surface area (Å²) in [7, 11) is -4.09. The summed E-state index contributed by atoms with van der Waals surface area (Å²) < 4.78 is 52.2. The van der Waals surface area contributed by atoms with Gasteiger partial charge in [-0.25, -0.2) is 19.5 Å². The smallest absolute Gasteiger partial charge is 0.347 e. The molecule has 48 heavy (non-hydrogen) atoms. The van der Waals surface area contributed by atoms with Crippen molar-refractivity contribution >= 4 is 30.7 Å². The zero-order valence-electron chi connectivity index (χ0n) is 26.2. The topological polar surface area (TPSA) is 145 Å². The molecule has 2 aliphatic heterocycles. The fourth-order valence-electron chi connectivity index (χ4n) is 5.65. The summed E-state index contributed by atoms with van der Waals surface area (Å²) in [6.45, 7) is 3.47. The van der Waals surface area contributed by atoms with E-state index in [1.165, 1.54) is 6.33 Å². The SMILES string of the molecule is CC1(C)OC2C(COP(=O)(OCc3ccccc3)OCc3ccccc3)OC(n3cnc4c(NC(=O)c5ccccc5)ncnc43)C2O1. The molecule has 0 bridgehead atoms. The molecule has 2 aromatic heterocycles. The van der Waals surface area contributed by atoms with Gasteiger partial charge in [0.15, 0.2) is 29.0 Å². The Kier molecular flexibility index (Phi) is 9.17. The highest BCUT2D eigenvalue weighted by molar-refractivity contribution is 7.48. The number of carbonyl (C=O) groups excluding carboxylic acids is 1. The van der Waals surface area contributed by atoms with Crippen molar-refractivity contribution in [2.45, 2.75) is 57.4 Å². The van der Waals surface area contributed by atoms with Gasteiger partial charge in [0.2, 0.25) is 0 Å². The molecule has 0 aliphatic carbocycles. The number of amides is 1. The Morgan fingerprint density at radius 3 is 2.08 bits per heavy atom. The van der Waals surface area contributed by atoms with Crippen molar-refractivity contribution in [1.82, 2.24) is 19.5 Å². The summed E-state index contributed by atoms with van der Waals surface area (Å²) >= 11 is 0. The van der Waals surface area contributed by atoms with Crippen LogP contribution in [-0.2, 0) is 45.6 Å². The Labute approximate surface area is 276 Å². The standard InChI is InChI=1S/C34H34N5O8P/c1-34(2)46-28-26(20-44-48(41,42-18-23-12-6-3-7-13-23)43-19-24-14-8-4-9-15-24)45-33(29(28)47-34)39-22-37-27-30(35-21-36-31(27)39)38-32(40)25-16-10-5-11-17-25/h3-17,21-22,26,28-29,33H,18-20H2,1-2H3,(H,35,36,38,40). The number of rotatable bonds is 12. The number of ether oxygens (including phenoxy) is 3. The highest BCUT2D eigenvalue weighted by Gasteiger charge is 2.56. The van der Waals surface area contributed by atoms with Gasteiger partial charge in [0.1, 0.15) is 24.6 Å². The molecule has 1 N–H and O–H groups in total. The van der Waals surface area contributed by atoms with Gasteiger partial charge in [-0.3, -0.25) is 22.9 Å². The zero-order valence-corrected chi connectivity index (χ0v) is 27.1. The van der Waals surface area contributed by atoms with Crippen LogP contribution in [0.1, 0.15) is 41.6 Å². The third-order valence-electron chi connectivity index (χ3n) is 7.89. The van der Waals surface area contributed by atoms with Crippen molar-refractivity contribution in [2.24, 2.45) is 0 Å². The normalized spacial score (nSPS) is 21.7.